The van der Waals surface area contributed by atoms with Gasteiger partial charge in [0, 0.05) is 11.1 Å². The fourth-order valence-electron chi connectivity index (χ4n) is 0.754. The first-order chi connectivity index (χ1) is 6.93. The summed E-state index contributed by atoms with van der Waals surface area (Å²) in [4.78, 5) is 14.8. The van der Waals surface area contributed by atoms with Gasteiger partial charge in [-0.2, -0.15) is 13.2 Å². The van der Waals surface area contributed by atoms with Crippen LogP contribution >= 0.6 is 11.3 Å². The highest BCUT2D eigenvalue weighted by Crippen LogP contribution is 2.22. The van der Waals surface area contributed by atoms with Crippen LogP contribution in [0.25, 0.3) is 6.08 Å². The summed E-state index contributed by atoms with van der Waals surface area (Å²) >= 11 is 0.972. The number of rotatable bonds is 2. The van der Waals surface area contributed by atoms with E-state index in [2.05, 4.69) is 4.98 Å². The van der Waals surface area contributed by atoms with Gasteiger partial charge < -0.3 is 0 Å². The molecule has 1 aromatic heterocycles. The zero-order valence-corrected chi connectivity index (χ0v) is 8.45. The maximum absolute atomic E-state index is 11.8. The molecule has 82 valence electrons. The molecule has 0 fully saturated rings. The fraction of sp³-hybridized carbons (Fsp3) is 0.250. The molecule has 0 spiro atoms. The lowest BCUT2D eigenvalue weighted by Gasteiger charge is -2.03. The summed E-state index contributed by atoms with van der Waals surface area (Å²) in [6, 6.07) is 0. The topological polar surface area (TPSA) is 42.0 Å². The molecule has 0 unspecified atom stereocenters. The fourth-order valence-corrected chi connectivity index (χ4v) is 1.54. The number of nitrogens with one attached hydrogen (secondary N) is 1. The molecule has 0 aliphatic rings. The number of alkyl halides is 3. The monoisotopic (exact) mass is 236 g/mol. The van der Waals surface area contributed by atoms with Crippen molar-refractivity contribution in [1.82, 2.24) is 4.98 Å². The number of hydrogen-bond donors (Lipinski definition) is 1. The third-order valence-electron chi connectivity index (χ3n) is 1.33. The van der Waals surface area contributed by atoms with Crippen molar-refractivity contribution in [3.63, 3.8) is 0 Å². The molecule has 0 saturated carbocycles. The number of thiazole rings is 1. The van der Waals surface area contributed by atoms with Gasteiger partial charge >= 0.3 is 12.1 Å². The second kappa shape index (κ2) is 4.43. The summed E-state index contributed by atoms with van der Waals surface area (Å²) in [5, 5.41) is 1.61. The third kappa shape index (κ3) is 3.35. The van der Waals surface area contributed by atoms with Crippen LogP contribution in [0.2, 0.25) is 0 Å². The van der Waals surface area contributed by atoms with E-state index in [0.717, 1.165) is 11.3 Å². The number of allylic oxidation sites excluding steroid dienone is 1. The van der Waals surface area contributed by atoms with Gasteiger partial charge in [-0.25, -0.2) is 4.98 Å². The lowest BCUT2D eigenvalue weighted by atomic mass is 10.5. The molecular weight excluding hydrogens is 229 g/mol. The molecule has 15 heavy (non-hydrogen) atoms. The van der Waals surface area contributed by atoms with E-state index in [1.54, 1.807) is 24.4 Å². The molecule has 1 N–H and O–H groups in total. The Labute approximate surface area is 87.6 Å². The van der Waals surface area contributed by atoms with E-state index in [1.807, 2.05) is 0 Å². The highest BCUT2D eigenvalue weighted by Gasteiger charge is 2.39. The maximum Gasteiger partial charge on any atom is 0.471 e. The van der Waals surface area contributed by atoms with Gasteiger partial charge in [0.15, 0.2) is 5.13 Å². The Morgan fingerprint density at radius 1 is 1.60 bits per heavy atom. The molecule has 0 bridgehead atoms. The van der Waals surface area contributed by atoms with Crippen molar-refractivity contribution >= 4 is 28.5 Å². The summed E-state index contributed by atoms with van der Waals surface area (Å²) in [5.74, 6) is -2.01. The van der Waals surface area contributed by atoms with E-state index in [1.165, 1.54) is 6.20 Å². The van der Waals surface area contributed by atoms with Gasteiger partial charge in [-0.15, -0.1) is 0 Å². The van der Waals surface area contributed by atoms with E-state index in [-0.39, 0.29) is 5.13 Å². The van der Waals surface area contributed by atoms with Gasteiger partial charge in [-0.05, 0) is 13.0 Å². The van der Waals surface area contributed by atoms with Crippen LogP contribution in [0.5, 0.6) is 0 Å². The average molecular weight is 236 g/mol. The van der Waals surface area contributed by atoms with E-state index in [4.69, 9.17) is 0 Å². The second-order valence-electron chi connectivity index (χ2n) is 2.52. The quantitative estimate of drug-likeness (QED) is 0.857. The normalized spacial score (nSPS) is 12.0. The van der Waals surface area contributed by atoms with Crippen LogP contribution in [0, 0.1) is 0 Å². The molecule has 7 heteroatoms. The molecule has 1 amide bonds. The zero-order chi connectivity index (χ0) is 11.5. The molecule has 3 nitrogen and oxygen atoms in total. The van der Waals surface area contributed by atoms with Gasteiger partial charge in [0.05, 0.1) is 0 Å². The predicted octanol–water partition coefficient (Wildman–Crippen LogP) is 2.68. The average Bonchev–Trinajstić information content (AvgIpc) is 2.51. The van der Waals surface area contributed by atoms with Crippen LogP contribution in [-0.2, 0) is 4.79 Å². The molecule has 0 saturated heterocycles. The summed E-state index contributed by atoms with van der Waals surface area (Å²) < 4.78 is 35.5. The van der Waals surface area contributed by atoms with Crippen LogP contribution in [0.1, 0.15) is 11.8 Å². The first-order valence-electron chi connectivity index (χ1n) is 3.90. The van der Waals surface area contributed by atoms with Crippen LogP contribution in [-0.4, -0.2) is 17.1 Å². The summed E-state index contributed by atoms with van der Waals surface area (Å²) in [6.07, 6.45) is -0.0904. The van der Waals surface area contributed by atoms with Crippen LogP contribution in [0.4, 0.5) is 18.3 Å². The van der Waals surface area contributed by atoms with Gasteiger partial charge in [0.1, 0.15) is 0 Å². The van der Waals surface area contributed by atoms with Crippen molar-refractivity contribution in [2.45, 2.75) is 13.1 Å². The van der Waals surface area contributed by atoms with Gasteiger partial charge in [0.25, 0.3) is 0 Å². The number of carbonyl (C=O) groups excluding carboxylic acids is 1. The Hall–Kier alpha value is -1.37. The van der Waals surface area contributed by atoms with Crippen LogP contribution < -0.4 is 5.32 Å². The summed E-state index contributed by atoms with van der Waals surface area (Å²) in [5.41, 5.74) is 0. The van der Waals surface area contributed by atoms with E-state index >= 15 is 0 Å². The molecule has 0 atom stereocenters. The molecule has 0 aliphatic carbocycles. The van der Waals surface area contributed by atoms with Crippen molar-refractivity contribution in [1.29, 1.82) is 0 Å². The standard InChI is InChI=1S/C8H7F3N2OS/c1-2-3-5-4-12-7(15-5)13-6(14)8(9,10)11/h2-4H,1H3,(H,12,13,14)/b3-2+. The van der Waals surface area contributed by atoms with Crippen molar-refractivity contribution in [2.24, 2.45) is 0 Å². The smallest absolute Gasteiger partial charge is 0.294 e. The maximum atomic E-state index is 11.8. The Bertz CT molecular complexity index is 383. The molecule has 0 aliphatic heterocycles. The van der Waals surface area contributed by atoms with Gasteiger partial charge in [0.2, 0.25) is 0 Å². The molecular formula is C8H7F3N2OS. The minimum absolute atomic E-state index is 0.0644. The van der Waals surface area contributed by atoms with Gasteiger partial charge in [-0.3, -0.25) is 10.1 Å². The molecule has 1 aromatic rings. The lowest BCUT2D eigenvalue weighted by Crippen LogP contribution is -2.29. The molecule has 0 aromatic carbocycles. The lowest BCUT2D eigenvalue weighted by molar-refractivity contribution is -0.167. The van der Waals surface area contributed by atoms with Crippen molar-refractivity contribution < 1.29 is 18.0 Å². The Balaban J connectivity index is 2.69. The number of carbonyl (C=O) groups is 1. The van der Waals surface area contributed by atoms with E-state index in [0.29, 0.717) is 4.88 Å². The third-order valence-corrected chi connectivity index (χ3v) is 2.21. The summed E-state index contributed by atoms with van der Waals surface area (Å²) in [7, 11) is 0. The van der Waals surface area contributed by atoms with E-state index < -0.39 is 12.1 Å². The molecule has 1 rings (SSSR count). The van der Waals surface area contributed by atoms with Crippen molar-refractivity contribution in [3.05, 3.63) is 17.2 Å². The Kier molecular flexibility index (Phi) is 3.46. The number of anilines is 1. The zero-order valence-electron chi connectivity index (χ0n) is 7.63. The number of amides is 1. The second-order valence-corrected chi connectivity index (χ2v) is 3.58. The number of halogens is 3. The van der Waals surface area contributed by atoms with Crippen molar-refractivity contribution in [3.8, 4) is 0 Å². The minimum Gasteiger partial charge on any atom is -0.294 e. The first kappa shape index (κ1) is 11.7. The highest BCUT2D eigenvalue weighted by molar-refractivity contribution is 7.16. The SMILES string of the molecule is C/C=C/c1cnc(NC(=O)C(F)(F)F)s1. The number of hydrogen-bond acceptors (Lipinski definition) is 3. The largest absolute Gasteiger partial charge is 0.471 e. The first-order valence-corrected chi connectivity index (χ1v) is 4.72. The van der Waals surface area contributed by atoms with Crippen LogP contribution in [0.15, 0.2) is 12.3 Å². The predicted molar refractivity (Wildman–Crippen MR) is 51.5 cm³/mol. The Morgan fingerprint density at radius 2 is 2.27 bits per heavy atom. The van der Waals surface area contributed by atoms with Crippen LogP contribution in [0.3, 0.4) is 0 Å². The van der Waals surface area contributed by atoms with Crippen molar-refractivity contribution in [2.75, 3.05) is 5.32 Å². The molecule has 0 radical (unpaired) electrons. The minimum atomic E-state index is -4.88. The Morgan fingerprint density at radius 3 is 2.80 bits per heavy atom. The number of aromatic nitrogens is 1. The van der Waals surface area contributed by atoms with E-state index in [9.17, 15) is 18.0 Å². The number of nitrogens with zero attached hydrogens (tertiary/aromatic N) is 1. The molecule has 1 heterocycles. The van der Waals surface area contributed by atoms with Gasteiger partial charge in [-0.1, -0.05) is 17.4 Å². The highest BCUT2D eigenvalue weighted by atomic mass is 32.1. The summed E-state index contributed by atoms with van der Waals surface area (Å²) in [6.45, 7) is 1.77.